The smallest absolute Gasteiger partial charge is 0.0298 e. The van der Waals surface area contributed by atoms with Gasteiger partial charge in [-0.3, -0.25) is 0 Å². The van der Waals surface area contributed by atoms with E-state index < -0.39 is 0 Å². The summed E-state index contributed by atoms with van der Waals surface area (Å²) in [6.45, 7) is 5.62. The Bertz CT molecular complexity index is 377. The summed E-state index contributed by atoms with van der Waals surface area (Å²) in [5, 5.41) is 3.51. The average Bonchev–Trinajstić information content (AvgIpc) is 2.93. The molecular weight excluding hydrogens is 170 g/mol. The molecule has 1 atom stereocenters. The van der Waals surface area contributed by atoms with Crippen molar-refractivity contribution in [2.75, 3.05) is 0 Å². The van der Waals surface area contributed by atoms with Gasteiger partial charge in [-0.1, -0.05) is 12.1 Å². The van der Waals surface area contributed by atoms with E-state index >= 15 is 0 Å². The molecule has 14 heavy (non-hydrogen) atoms. The third kappa shape index (κ3) is 1.12. The van der Waals surface area contributed by atoms with Crippen LogP contribution < -0.4 is 5.32 Å². The van der Waals surface area contributed by atoms with E-state index in [1.165, 1.54) is 18.4 Å². The van der Waals surface area contributed by atoms with E-state index in [2.05, 4.69) is 31.3 Å². The van der Waals surface area contributed by atoms with E-state index in [1.807, 2.05) is 0 Å². The van der Waals surface area contributed by atoms with Crippen molar-refractivity contribution in [1.29, 1.82) is 0 Å². The van der Waals surface area contributed by atoms with Crippen LogP contribution in [0.3, 0.4) is 0 Å². The SMILES string of the molecule is Cc1c(C2CC2)ccc2c1CN[C@H]2C. The number of rotatable bonds is 1. The van der Waals surface area contributed by atoms with Gasteiger partial charge in [-0.2, -0.15) is 0 Å². The summed E-state index contributed by atoms with van der Waals surface area (Å²) in [5.41, 5.74) is 6.26. The molecule has 1 heteroatoms. The highest BCUT2D eigenvalue weighted by Crippen LogP contribution is 2.43. The first-order valence-corrected chi connectivity index (χ1v) is 5.63. The van der Waals surface area contributed by atoms with E-state index in [-0.39, 0.29) is 0 Å². The second kappa shape index (κ2) is 2.83. The normalized spacial score (nSPS) is 25.1. The van der Waals surface area contributed by atoms with Crippen LogP contribution in [0.2, 0.25) is 0 Å². The third-order valence-corrected chi connectivity index (χ3v) is 3.75. The number of benzene rings is 1. The van der Waals surface area contributed by atoms with Crippen molar-refractivity contribution in [2.45, 2.75) is 45.2 Å². The molecule has 1 aliphatic carbocycles. The topological polar surface area (TPSA) is 12.0 Å². The molecule has 0 bridgehead atoms. The Balaban J connectivity index is 2.12. The first-order valence-electron chi connectivity index (χ1n) is 5.63. The van der Waals surface area contributed by atoms with Gasteiger partial charge >= 0.3 is 0 Å². The van der Waals surface area contributed by atoms with Gasteiger partial charge in [0.25, 0.3) is 0 Å². The monoisotopic (exact) mass is 187 g/mol. The molecule has 0 amide bonds. The lowest BCUT2D eigenvalue weighted by atomic mass is 9.94. The van der Waals surface area contributed by atoms with Crippen LogP contribution in [0.5, 0.6) is 0 Å². The summed E-state index contributed by atoms with van der Waals surface area (Å²) in [5.74, 6) is 0.885. The molecule has 2 aliphatic rings. The lowest BCUT2D eigenvalue weighted by molar-refractivity contribution is 0.633. The molecule has 0 unspecified atom stereocenters. The fourth-order valence-electron chi connectivity index (χ4n) is 2.64. The average molecular weight is 187 g/mol. The summed E-state index contributed by atoms with van der Waals surface area (Å²) >= 11 is 0. The molecule has 1 N–H and O–H groups in total. The van der Waals surface area contributed by atoms with Crippen LogP contribution in [0, 0.1) is 6.92 Å². The molecule has 1 nitrogen and oxygen atoms in total. The zero-order valence-corrected chi connectivity index (χ0v) is 8.93. The van der Waals surface area contributed by atoms with Crippen molar-refractivity contribution in [3.63, 3.8) is 0 Å². The maximum absolute atomic E-state index is 3.51. The van der Waals surface area contributed by atoms with Crippen LogP contribution in [0.15, 0.2) is 12.1 Å². The lowest BCUT2D eigenvalue weighted by Crippen LogP contribution is -2.06. The second-order valence-corrected chi connectivity index (χ2v) is 4.72. The van der Waals surface area contributed by atoms with Crippen molar-refractivity contribution in [3.8, 4) is 0 Å². The molecule has 0 saturated heterocycles. The van der Waals surface area contributed by atoms with Gasteiger partial charge in [0.1, 0.15) is 0 Å². The van der Waals surface area contributed by atoms with Crippen molar-refractivity contribution in [2.24, 2.45) is 0 Å². The molecule has 74 valence electrons. The van der Waals surface area contributed by atoms with Gasteiger partial charge in [-0.05, 0) is 54.9 Å². The summed E-state index contributed by atoms with van der Waals surface area (Å²) in [4.78, 5) is 0. The van der Waals surface area contributed by atoms with Gasteiger partial charge in [0, 0.05) is 12.6 Å². The van der Waals surface area contributed by atoms with Crippen LogP contribution >= 0.6 is 0 Å². The van der Waals surface area contributed by atoms with Gasteiger partial charge in [-0.15, -0.1) is 0 Å². The highest BCUT2D eigenvalue weighted by molar-refractivity contribution is 5.46. The molecule has 0 spiro atoms. The number of hydrogen-bond acceptors (Lipinski definition) is 1. The van der Waals surface area contributed by atoms with E-state index in [9.17, 15) is 0 Å². The zero-order chi connectivity index (χ0) is 9.71. The minimum absolute atomic E-state index is 0.553. The fraction of sp³-hybridized carbons (Fsp3) is 0.538. The summed E-state index contributed by atoms with van der Waals surface area (Å²) in [7, 11) is 0. The number of nitrogens with one attached hydrogen (secondary N) is 1. The first-order chi connectivity index (χ1) is 6.77. The predicted molar refractivity (Wildman–Crippen MR) is 58.4 cm³/mol. The Hall–Kier alpha value is -0.820. The van der Waals surface area contributed by atoms with Crippen LogP contribution in [-0.2, 0) is 6.54 Å². The highest BCUT2D eigenvalue weighted by Gasteiger charge is 2.28. The minimum Gasteiger partial charge on any atom is -0.306 e. The van der Waals surface area contributed by atoms with Crippen LogP contribution in [0.4, 0.5) is 0 Å². The Kier molecular flexibility index (Phi) is 1.72. The van der Waals surface area contributed by atoms with Crippen LogP contribution in [-0.4, -0.2) is 0 Å². The Morgan fingerprint density at radius 1 is 1.21 bits per heavy atom. The summed E-state index contributed by atoms with van der Waals surface area (Å²) in [6, 6.07) is 5.24. The van der Waals surface area contributed by atoms with Crippen LogP contribution in [0.1, 0.15) is 54.0 Å². The van der Waals surface area contributed by atoms with Crippen molar-refractivity contribution in [1.82, 2.24) is 5.32 Å². The Morgan fingerprint density at radius 3 is 2.64 bits per heavy atom. The molecule has 3 rings (SSSR count). The maximum Gasteiger partial charge on any atom is 0.0298 e. The standard InChI is InChI=1S/C13H17N/c1-8-11(10-3-4-10)5-6-12-9(2)14-7-13(8)12/h5-6,9-10,14H,3-4,7H2,1-2H3/t9-/m0/s1. The van der Waals surface area contributed by atoms with E-state index in [4.69, 9.17) is 0 Å². The highest BCUT2D eigenvalue weighted by atomic mass is 14.9. The molecule has 1 aromatic rings. The molecule has 1 saturated carbocycles. The molecule has 0 radical (unpaired) electrons. The Morgan fingerprint density at radius 2 is 1.93 bits per heavy atom. The zero-order valence-electron chi connectivity index (χ0n) is 8.93. The number of fused-ring (bicyclic) bond motifs is 1. The summed E-state index contributed by atoms with van der Waals surface area (Å²) < 4.78 is 0. The van der Waals surface area contributed by atoms with Crippen LogP contribution in [0.25, 0.3) is 0 Å². The van der Waals surface area contributed by atoms with Crippen molar-refractivity contribution < 1.29 is 0 Å². The molecule has 1 fully saturated rings. The van der Waals surface area contributed by atoms with Crippen molar-refractivity contribution >= 4 is 0 Å². The first kappa shape index (κ1) is 8.49. The summed E-state index contributed by atoms with van der Waals surface area (Å²) in [6.07, 6.45) is 2.81. The van der Waals surface area contributed by atoms with Gasteiger partial charge < -0.3 is 5.32 Å². The molecule has 0 aromatic heterocycles. The van der Waals surface area contributed by atoms with E-state index in [1.54, 1.807) is 16.7 Å². The van der Waals surface area contributed by atoms with E-state index in [0.717, 1.165) is 12.5 Å². The third-order valence-electron chi connectivity index (χ3n) is 3.75. The quantitative estimate of drug-likeness (QED) is 0.712. The molecule has 1 aromatic carbocycles. The lowest BCUT2D eigenvalue weighted by Gasteiger charge is -2.10. The maximum atomic E-state index is 3.51. The van der Waals surface area contributed by atoms with Gasteiger partial charge in [0.05, 0.1) is 0 Å². The minimum atomic E-state index is 0.553. The number of hydrogen-bond donors (Lipinski definition) is 1. The van der Waals surface area contributed by atoms with Gasteiger partial charge in [-0.25, -0.2) is 0 Å². The van der Waals surface area contributed by atoms with E-state index in [0.29, 0.717) is 6.04 Å². The van der Waals surface area contributed by atoms with Gasteiger partial charge in [0.15, 0.2) is 0 Å². The fourth-order valence-corrected chi connectivity index (χ4v) is 2.64. The van der Waals surface area contributed by atoms with Crippen molar-refractivity contribution in [3.05, 3.63) is 34.4 Å². The molecule has 1 aliphatic heterocycles. The predicted octanol–water partition coefficient (Wildman–Crippen LogP) is 3.04. The molecule has 1 heterocycles. The Labute approximate surface area is 85.5 Å². The molecular formula is C13H17N. The largest absolute Gasteiger partial charge is 0.306 e. The van der Waals surface area contributed by atoms with Gasteiger partial charge in [0.2, 0.25) is 0 Å². The second-order valence-electron chi connectivity index (χ2n) is 4.72.